The molecule has 23 heavy (non-hydrogen) atoms. The fourth-order valence-electron chi connectivity index (χ4n) is 1.67. The molecule has 1 N–H and O–H groups in total. The van der Waals surface area contributed by atoms with Crippen molar-refractivity contribution in [2.45, 2.75) is 20.0 Å². The molecule has 0 spiro atoms. The molecular formula is C15H14F3N3O2. The molecule has 0 unspecified atom stereocenters. The standard InChI is InChI=1S/C15H14F3N3O2/c1-9-7-14(21-20-10(9)2)23-8-13(22)19-12-5-3-11(4-6-12)15(16,17)18/h3-7H,8H2,1-2H3,(H,19,22). The van der Waals surface area contributed by atoms with Crippen LogP contribution in [0.25, 0.3) is 0 Å². The molecule has 0 aliphatic carbocycles. The number of hydrogen-bond acceptors (Lipinski definition) is 4. The quantitative estimate of drug-likeness (QED) is 0.938. The van der Waals surface area contributed by atoms with Crippen LogP contribution in [0.15, 0.2) is 30.3 Å². The molecule has 8 heteroatoms. The van der Waals surface area contributed by atoms with Crippen LogP contribution in [0.5, 0.6) is 5.88 Å². The number of carbonyl (C=O) groups is 1. The SMILES string of the molecule is Cc1cc(OCC(=O)Nc2ccc(C(F)(F)F)cc2)nnc1C. The van der Waals surface area contributed by atoms with E-state index in [2.05, 4.69) is 15.5 Å². The zero-order valence-corrected chi connectivity index (χ0v) is 12.4. The van der Waals surface area contributed by atoms with Crippen LogP contribution in [0, 0.1) is 13.8 Å². The first-order valence-electron chi connectivity index (χ1n) is 6.66. The van der Waals surface area contributed by atoms with Gasteiger partial charge in [0.15, 0.2) is 6.61 Å². The number of rotatable bonds is 4. The third-order valence-electron chi connectivity index (χ3n) is 3.06. The van der Waals surface area contributed by atoms with Gasteiger partial charge in [-0.15, -0.1) is 5.10 Å². The van der Waals surface area contributed by atoms with Crippen molar-refractivity contribution in [3.05, 3.63) is 47.2 Å². The van der Waals surface area contributed by atoms with E-state index in [9.17, 15) is 18.0 Å². The molecule has 0 aliphatic rings. The minimum atomic E-state index is -4.41. The Morgan fingerprint density at radius 3 is 2.39 bits per heavy atom. The second-order valence-corrected chi connectivity index (χ2v) is 4.86. The Bertz CT molecular complexity index is 700. The van der Waals surface area contributed by atoms with Crippen molar-refractivity contribution in [3.63, 3.8) is 0 Å². The van der Waals surface area contributed by atoms with Crippen LogP contribution in [0.4, 0.5) is 18.9 Å². The number of nitrogens with one attached hydrogen (secondary N) is 1. The highest BCUT2D eigenvalue weighted by Crippen LogP contribution is 2.29. The van der Waals surface area contributed by atoms with E-state index in [1.807, 2.05) is 6.92 Å². The maximum Gasteiger partial charge on any atom is 0.416 e. The minimum absolute atomic E-state index is 0.204. The van der Waals surface area contributed by atoms with E-state index >= 15 is 0 Å². The highest BCUT2D eigenvalue weighted by Gasteiger charge is 2.29. The molecule has 0 atom stereocenters. The first kappa shape index (κ1) is 16.7. The Hall–Kier alpha value is -2.64. The summed E-state index contributed by atoms with van der Waals surface area (Å²) in [7, 11) is 0. The van der Waals surface area contributed by atoms with Crippen molar-refractivity contribution < 1.29 is 22.7 Å². The molecule has 1 aromatic carbocycles. The Labute approximate surface area is 130 Å². The minimum Gasteiger partial charge on any atom is -0.466 e. The zero-order valence-electron chi connectivity index (χ0n) is 12.4. The molecule has 0 saturated carbocycles. The van der Waals surface area contributed by atoms with Crippen LogP contribution in [-0.4, -0.2) is 22.7 Å². The van der Waals surface area contributed by atoms with E-state index in [1.165, 1.54) is 12.1 Å². The van der Waals surface area contributed by atoms with Crippen LogP contribution < -0.4 is 10.1 Å². The maximum atomic E-state index is 12.4. The third-order valence-corrected chi connectivity index (χ3v) is 3.06. The number of halogens is 3. The Morgan fingerprint density at radius 2 is 1.83 bits per heavy atom. The number of aryl methyl sites for hydroxylation is 2. The average molecular weight is 325 g/mol. The predicted molar refractivity (Wildman–Crippen MR) is 77.1 cm³/mol. The van der Waals surface area contributed by atoms with Gasteiger partial charge in [-0.1, -0.05) is 0 Å². The molecule has 2 rings (SSSR count). The van der Waals surface area contributed by atoms with Crippen molar-refractivity contribution in [2.75, 3.05) is 11.9 Å². The number of carbonyl (C=O) groups excluding carboxylic acids is 1. The normalized spacial score (nSPS) is 11.2. The predicted octanol–water partition coefficient (Wildman–Crippen LogP) is 3.13. The van der Waals surface area contributed by atoms with Gasteiger partial charge in [0.05, 0.1) is 11.3 Å². The fraction of sp³-hybridized carbons (Fsp3) is 0.267. The lowest BCUT2D eigenvalue weighted by atomic mass is 10.2. The number of aromatic nitrogens is 2. The highest BCUT2D eigenvalue weighted by atomic mass is 19.4. The summed E-state index contributed by atoms with van der Waals surface area (Å²) in [6.45, 7) is 3.31. The summed E-state index contributed by atoms with van der Waals surface area (Å²) in [6, 6.07) is 5.79. The molecule has 0 fully saturated rings. The summed E-state index contributed by atoms with van der Waals surface area (Å²) in [5, 5.41) is 10.1. The smallest absolute Gasteiger partial charge is 0.416 e. The molecule has 0 bridgehead atoms. The lowest BCUT2D eigenvalue weighted by Gasteiger charge is -2.09. The number of ether oxygens (including phenoxy) is 1. The van der Waals surface area contributed by atoms with Gasteiger partial charge in [-0.3, -0.25) is 4.79 Å². The molecule has 5 nitrogen and oxygen atoms in total. The molecular weight excluding hydrogens is 311 g/mol. The van der Waals surface area contributed by atoms with Gasteiger partial charge >= 0.3 is 6.18 Å². The van der Waals surface area contributed by atoms with Crippen LogP contribution >= 0.6 is 0 Å². The molecule has 1 amide bonds. The van der Waals surface area contributed by atoms with Crippen molar-refractivity contribution in [2.24, 2.45) is 0 Å². The van der Waals surface area contributed by atoms with Gasteiger partial charge in [0.25, 0.3) is 5.91 Å². The number of nitrogens with zero attached hydrogens (tertiary/aromatic N) is 2. The van der Waals surface area contributed by atoms with Gasteiger partial charge in [0.1, 0.15) is 0 Å². The Morgan fingerprint density at radius 1 is 1.17 bits per heavy atom. The second-order valence-electron chi connectivity index (χ2n) is 4.86. The molecule has 1 aromatic heterocycles. The summed E-state index contributed by atoms with van der Waals surface area (Å²) in [4.78, 5) is 11.7. The van der Waals surface area contributed by atoms with Gasteiger partial charge in [-0.25, -0.2) is 0 Å². The Balaban J connectivity index is 1.90. The van der Waals surface area contributed by atoms with Crippen LogP contribution in [0.2, 0.25) is 0 Å². The number of amides is 1. The van der Waals surface area contributed by atoms with E-state index in [0.717, 1.165) is 23.4 Å². The van der Waals surface area contributed by atoms with Gasteiger partial charge in [-0.05, 0) is 43.7 Å². The van der Waals surface area contributed by atoms with E-state index in [0.29, 0.717) is 0 Å². The molecule has 1 heterocycles. The molecule has 0 aliphatic heterocycles. The van der Waals surface area contributed by atoms with Gasteiger partial charge in [-0.2, -0.15) is 18.3 Å². The number of anilines is 1. The van der Waals surface area contributed by atoms with Crippen LogP contribution in [0.1, 0.15) is 16.8 Å². The summed E-state index contributed by atoms with van der Waals surface area (Å²) in [5.74, 6) is -0.305. The van der Waals surface area contributed by atoms with Crippen molar-refractivity contribution in [1.82, 2.24) is 10.2 Å². The third kappa shape index (κ3) is 4.67. The topological polar surface area (TPSA) is 64.1 Å². The highest BCUT2D eigenvalue weighted by molar-refractivity contribution is 5.91. The van der Waals surface area contributed by atoms with E-state index in [-0.39, 0.29) is 18.2 Å². The lowest BCUT2D eigenvalue weighted by molar-refractivity contribution is -0.137. The second kappa shape index (κ2) is 6.64. The van der Waals surface area contributed by atoms with Crippen molar-refractivity contribution in [1.29, 1.82) is 0 Å². The summed E-state index contributed by atoms with van der Waals surface area (Å²) in [5.41, 5.74) is 1.10. The Kier molecular flexibility index (Phi) is 4.83. The average Bonchev–Trinajstić information content (AvgIpc) is 2.48. The number of alkyl halides is 3. The van der Waals surface area contributed by atoms with Crippen LogP contribution in [0.3, 0.4) is 0 Å². The monoisotopic (exact) mass is 325 g/mol. The fourth-order valence-corrected chi connectivity index (χ4v) is 1.67. The zero-order chi connectivity index (χ0) is 17.0. The van der Waals surface area contributed by atoms with Crippen LogP contribution in [-0.2, 0) is 11.0 Å². The van der Waals surface area contributed by atoms with E-state index in [1.54, 1.807) is 13.0 Å². The number of hydrogen-bond donors (Lipinski definition) is 1. The molecule has 122 valence electrons. The van der Waals surface area contributed by atoms with Gasteiger partial charge in [0, 0.05) is 11.8 Å². The molecule has 2 aromatic rings. The van der Waals surface area contributed by atoms with E-state index < -0.39 is 17.6 Å². The first-order valence-corrected chi connectivity index (χ1v) is 6.66. The van der Waals surface area contributed by atoms with E-state index in [4.69, 9.17) is 4.74 Å². The van der Waals surface area contributed by atoms with Crippen molar-refractivity contribution in [3.8, 4) is 5.88 Å². The number of benzene rings is 1. The molecule has 0 saturated heterocycles. The van der Waals surface area contributed by atoms with Gasteiger partial charge < -0.3 is 10.1 Å². The first-order chi connectivity index (χ1) is 10.8. The largest absolute Gasteiger partial charge is 0.466 e. The van der Waals surface area contributed by atoms with Crippen molar-refractivity contribution >= 4 is 11.6 Å². The van der Waals surface area contributed by atoms with Gasteiger partial charge in [0.2, 0.25) is 5.88 Å². The summed E-state index contributed by atoms with van der Waals surface area (Å²) >= 11 is 0. The summed E-state index contributed by atoms with van der Waals surface area (Å²) in [6.07, 6.45) is -4.41. The maximum absolute atomic E-state index is 12.4. The lowest BCUT2D eigenvalue weighted by Crippen LogP contribution is -2.20. The summed E-state index contributed by atoms with van der Waals surface area (Å²) < 4.78 is 42.5. The molecule has 0 radical (unpaired) electrons.